The third-order valence-corrected chi connectivity index (χ3v) is 5.45. The first-order chi connectivity index (χ1) is 14.2. The Morgan fingerprint density at radius 3 is 2.80 bits per heavy atom. The van der Waals surface area contributed by atoms with Crippen LogP contribution in [0.4, 0.5) is 23.2 Å². The molecule has 0 amide bonds. The number of aromatic nitrogens is 5. The lowest BCUT2D eigenvalue weighted by atomic mass is 10.00. The Morgan fingerprint density at radius 2 is 2.07 bits per heavy atom. The minimum Gasteiger partial charge on any atom is -0.362 e. The second-order valence-corrected chi connectivity index (χ2v) is 7.28. The van der Waals surface area contributed by atoms with Gasteiger partial charge in [-0.2, -0.15) is 18.3 Å². The lowest BCUT2D eigenvalue weighted by molar-refractivity contribution is -0.138. The Labute approximate surface area is 172 Å². The highest BCUT2D eigenvalue weighted by Crippen LogP contribution is 2.37. The number of benzene rings is 1. The number of fused-ring (bicyclic) bond motifs is 1. The number of alkyl halides is 3. The Morgan fingerprint density at radius 1 is 1.30 bits per heavy atom. The van der Waals surface area contributed by atoms with Crippen molar-refractivity contribution >= 4 is 17.3 Å². The third kappa shape index (κ3) is 3.53. The largest absolute Gasteiger partial charge is 0.416 e. The minimum atomic E-state index is -4.63. The number of nitrogens with zero attached hydrogens (tertiary/aromatic N) is 5. The Kier molecular flexibility index (Phi) is 5.00. The molecule has 3 heterocycles. The van der Waals surface area contributed by atoms with Crippen molar-refractivity contribution in [3.05, 3.63) is 68.1 Å². The Hall–Kier alpha value is -2.95. The van der Waals surface area contributed by atoms with Gasteiger partial charge in [0.2, 0.25) is 0 Å². The van der Waals surface area contributed by atoms with Crippen LogP contribution in [-0.4, -0.2) is 31.7 Å². The summed E-state index contributed by atoms with van der Waals surface area (Å²) in [5.74, 6) is -0.763. The van der Waals surface area contributed by atoms with Crippen molar-refractivity contribution in [2.45, 2.75) is 32.1 Å². The molecule has 0 bridgehead atoms. The number of H-pyrrole nitrogens is 1. The molecule has 30 heavy (non-hydrogen) atoms. The summed E-state index contributed by atoms with van der Waals surface area (Å²) in [7, 11) is 0. The van der Waals surface area contributed by atoms with Gasteiger partial charge in [0.25, 0.3) is 5.56 Å². The van der Waals surface area contributed by atoms with Crippen molar-refractivity contribution in [3.8, 4) is 0 Å². The smallest absolute Gasteiger partial charge is 0.362 e. The normalized spacial score (nSPS) is 15.2. The van der Waals surface area contributed by atoms with Gasteiger partial charge in [-0.3, -0.25) is 4.79 Å². The molecule has 158 valence electrons. The molecular formula is C18H15ClF4N6O. The van der Waals surface area contributed by atoms with E-state index in [0.29, 0.717) is 30.0 Å². The molecule has 0 radical (unpaired) electrons. The maximum Gasteiger partial charge on any atom is 0.416 e. The van der Waals surface area contributed by atoms with E-state index >= 15 is 0 Å². The number of nitrogens with one attached hydrogen (secondary N) is 1. The maximum absolute atomic E-state index is 13.7. The number of aromatic amines is 1. The zero-order chi connectivity index (χ0) is 21.6. The lowest BCUT2D eigenvalue weighted by Gasteiger charge is -2.29. The molecule has 1 N–H and O–H groups in total. The van der Waals surface area contributed by atoms with Crippen LogP contribution in [-0.2, 0) is 19.1 Å². The molecular weight excluding hydrogens is 428 g/mol. The molecule has 4 rings (SSSR count). The number of anilines is 1. The first-order valence-corrected chi connectivity index (χ1v) is 9.32. The van der Waals surface area contributed by atoms with Gasteiger partial charge in [-0.1, -0.05) is 16.8 Å². The number of rotatable bonds is 3. The van der Waals surface area contributed by atoms with Crippen LogP contribution < -0.4 is 10.5 Å². The van der Waals surface area contributed by atoms with E-state index in [1.54, 1.807) is 4.90 Å². The lowest BCUT2D eigenvalue weighted by Crippen LogP contribution is -2.33. The summed E-state index contributed by atoms with van der Waals surface area (Å²) < 4.78 is 55.3. The van der Waals surface area contributed by atoms with E-state index in [0.717, 1.165) is 18.2 Å². The van der Waals surface area contributed by atoms with Gasteiger partial charge >= 0.3 is 6.18 Å². The van der Waals surface area contributed by atoms with Gasteiger partial charge in [0, 0.05) is 13.0 Å². The summed E-state index contributed by atoms with van der Waals surface area (Å²) in [5, 5.41) is 14.1. The van der Waals surface area contributed by atoms with E-state index in [1.165, 1.54) is 17.8 Å². The van der Waals surface area contributed by atoms with Crippen LogP contribution in [0.2, 0.25) is 5.02 Å². The second-order valence-electron chi connectivity index (χ2n) is 6.90. The van der Waals surface area contributed by atoms with Crippen LogP contribution in [0.1, 0.15) is 35.5 Å². The molecule has 0 spiro atoms. The van der Waals surface area contributed by atoms with Gasteiger partial charge in [0.05, 0.1) is 35.7 Å². The zero-order valence-electron chi connectivity index (χ0n) is 15.5. The standard InChI is InChI=1S/C18H15ClF4N6O/c1-9(11-6-10(20)2-3-12(11)18(21,22)23)29-14-4-5-28(8-13(14)25-27-29)15-7-24-26-17(30)16(15)19/h2-3,6-7,9H,4-5,8H2,1H3,(H,26,30). The summed E-state index contributed by atoms with van der Waals surface area (Å²) in [6, 6.07) is 1.50. The highest BCUT2D eigenvalue weighted by molar-refractivity contribution is 6.32. The van der Waals surface area contributed by atoms with Crippen LogP contribution in [0, 0.1) is 5.82 Å². The molecule has 0 aliphatic carbocycles. The van der Waals surface area contributed by atoms with Gasteiger partial charge in [0.15, 0.2) is 0 Å². The van der Waals surface area contributed by atoms with E-state index in [9.17, 15) is 22.4 Å². The third-order valence-electron chi connectivity index (χ3n) is 5.08. The van der Waals surface area contributed by atoms with Crippen molar-refractivity contribution in [3.63, 3.8) is 0 Å². The summed E-state index contributed by atoms with van der Waals surface area (Å²) in [6.45, 7) is 2.19. The van der Waals surface area contributed by atoms with Crippen LogP contribution in [0.25, 0.3) is 0 Å². The Bertz CT molecular complexity index is 1160. The number of hydrogen-bond donors (Lipinski definition) is 1. The molecule has 1 atom stereocenters. The van der Waals surface area contributed by atoms with Crippen LogP contribution in [0.5, 0.6) is 0 Å². The van der Waals surface area contributed by atoms with Crippen LogP contribution >= 0.6 is 11.6 Å². The number of hydrogen-bond acceptors (Lipinski definition) is 5. The quantitative estimate of drug-likeness (QED) is 0.629. The van der Waals surface area contributed by atoms with Gasteiger partial charge in [-0.25, -0.2) is 14.2 Å². The highest BCUT2D eigenvalue weighted by Gasteiger charge is 2.36. The van der Waals surface area contributed by atoms with E-state index in [-0.39, 0.29) is 17.1 Å². The maximum atomic E-state index is 13.7. The molecule has 3 aromatic rings. The Balaban J connectivity index is 1.68. The van der Waals surface area contributed by atoms with E-state index in [1.807, 2.05) is 0 Å². The fraction of sp³-hybridized carbons (Fsp3) is 0.333. The van der Waals surface area contributed by atoms with Crippen molar-refractivity contribution in [1.82, 2.24) is 25.2 Å². The average Bonchev–Trinajstić information content (AvgIpc) is 3.11. The fourth-order valence-electron chi connectivity index (χ4n) is 3.61. The highest BCUT2D eigenvalue weighted by atomic mass is 35.5. The van der Waals surface area contributed by atoms with E-state index in [4.69, 9.17) is 11.6 Å². The van der Waals surface area contributed by atoms with Crippen molar-refractivity contribution in [2.75, 3.05) is 11.4 Å². The molecule has 0 saturated heterocycles. The van der Waals surface area contributed by atoms with Crippen LogP contribution in [0.3, 0.4) is 0 Å². The van der Waals surface area contributed by atoms with Gasteiger partial charge < -0.3 is 4.90 Å². The van der Waals surface area contributed by atoms with Gasteiger partial charge in [-0.05, 0) is 30.7 Å². The van der Waals surface area contributed by atoms with E-state index in [2.05, 4.69) is 20.5 Å². The summed E-state index contributed by atoms with van der Waals surface area (Å²) in [5.41, 5.74) is -0.0560. The van der Waals surface area contributed by atoms with Gasteiger partial charge in [0.1, 0.15) is 16.5 Å². The monoisotopic (exact) mass is 442 g/mol. The molecule has 1 aromatic carbocycles. The fourth-order valence-corrected chi connectivity index (χ4v) is 3.82. The van der Waals surface area contributed by atoms with Crippen LogP contribution in [0.15, 0.2) is 29.2 Å². The molecule has 0 fully saturated rings. The number of halogens is 5. The van der Waals surface area contributed by atoms with Crippen molar-refractivity contribution in [2.24, 2.45) is 0 Å². The predicted molar refractivity (Wildman–Crippen MR) is 99.9 cm³/mol. The molecule has 12 heteroatoms. The summed E-state index contributed by atoms with van der Waals surface area (Å²) >= 11 is 6.06. The molecule has 1 aliphatic rings. The molecule has 2 aromatic heterocycles. The topological polar surface area (TPSA) is 79.7 Å². The molecule has 1 aliphatic heterocycles. The molecule has 7 nitrogen and oxygen atoms in total. The SMILES string of the molecule is CC(c1cc(F)ccc1C(F)(F)F)n1nnc2c1CCN(c1cn[nH]c(=O)c1Cl)C2. The zero-order valence-corrected chi connectivity index (χ0v) is 16.3. The summed E-state index contributed by atoms with van der Waals surface area (Å²) in [6.07, 6.45) is -2.81. The first kappa shape index (κ1) is 20.3. The van der Waals surface area contributed by atoms with E-state index < -0.39 is 29.2 Å². The molecule has 1 unspecified atom stereocenters. The minimum absolute atomic E-state index is 0.0104. The molecule has 0 saturated carbocycles. The van der Waals surface area contributed by atoms with Crippen molar-refractivity contribution in [1.29, 1.82) is 0 Å². The van der Waals surface area contributed by atoms with Crippen molar-refractivity contribution < 1.29 is 17.6 Å². The summed E-state index contributed by atoms with van der Waals surface area (Å²) in [4.78, 5) is 13.5. The predicted octanol–water partition coefficient (Wildman–Crippen LogP) is 3.34. The second kappa shape index (κ2) is 7.38. The van der Waals surface area contributed by atoms with Gasteiger partial charge in [-0.15, -0.1) is 5.10 Å². The first-order valence-electron chi connectivity index (χ1n) is 8.94. The average molecular weight is 443 g/mol.